The number of carbonyl (C=O) groups is 1. The highest BCUT2D eigenvalue weighted by molar-refractivity contribution is 7.62. The number of ether oxygens (including phenoxy) is 4. The van der Waals surface area contributed by atoms with Crippen LogP contribution in [0, 0.1) is 13.5 Å². The number of aromatic nitrogens is 2. The van der Waals surface area contributed by atoms with Crippen LogP contribution in [0.25, 0.3) is 4.85 Å². The van der Waals surface area contributed by atoms with Gasteiger partial charge in [-0.25, -0.2) is 25.2 Å². The van der Waals surface area contributed by atoms with Crippen LogP contribution in [0.5, 0.6) is 0 Å². The van der Waals surface area contributed by atoms with E-state index >= 15 is 4.39 Å². The molecule has 1 N–H and O–H groups in total. The van der Waals surface area contributed by atoms with Crippen molar-refractivity contribution in [2.45, 2.75) is 83.3 Å². The summed E-state index contributed by atoms with van der Waals surface area (Å²) in [7, 11) is -4.18. The molecule has 1 aliphatic heterocycles. The maximum atomic E-state index is 16.5. The third kappa shape index (κ3) is 10.6. The molecule has 3 rings (SSSR count). The molecule has 1 aromatic carbocycles. The molecule has 0 amide bonds. The largest absolute Gasteiger partial charge is 0.452 e. The van der Waals surface area contributed by atoms with Crippen molar-refractivity contribution in [1.82, 2.24) is 14.2 Å². The van der Waals surface area contributed by atoms with E-state index in [1.165, 1.54) is 45.7 Å². The Morgan fingerprint density at radius 2 is 1.78 bits per heavy atom. The third-order valence-corrected chi connectivity index (χ3v) is 11.2. The lowest BCUT2D eigenvalue weighted by atomic mass is 10.1. The Labute approximate surface area is 287 Å². The van der Waals surface area contributed by atoms with Gasteiger partial charge in [-0.1, -0.05) is 18.2 Å². The molecule has 2 heterocycles. The van der Waals surface area contributed by atoms with Crippen molar-refractivity contribution >= 4 is 21.6 Å². The number of aryl methyl sites for hydroxylation is 1. The molecule has 272 valence electrons. The van der Waals surface area contributed by atoms with Gasteiger partial charge in [0.15, 0.2) is 18.2 Å². The van der Waals surface area contributed by atoms with Gasteiger partial charge in [-0.2, -0.15) is 0 Å². The summed E-state index contributed by atoms with van der Waals surface area (Å²) in [5, 5.41) is 0. The number of methoxy groups -OCH3 is 1. The summed E-state index contributed by atoms with van der Waals surface area (Å²) in [5.41, 5.74) is -1.16. The molecule has 17 heteroatoms. The van der Waals surface area contributed by atoms with Gasteiger partial charge in [0.1, 0.15) is 32.1 Å². The number of nitrogens with zero attached hydrogens (tertiary/aromatic N) is 3. The van der Waals surface area contributed by atoms with Crippen LogP contribution in [0.15, 0.2) is 46.1 Å². The molecule has 1 saturated heterocycles. The van der Waals surface area contributed by atoms with E-state index in [0.29, 0.717) is 0 Å². The van der Waals surface area contributed by atoms with E-state index in [1.807, 2.05) is 32.4 Å². The third-order valence-electron chi connectivity index (χ3n) is 7.55. The summed E-state index contributed by atoms with van der Waals surface area (Å²) in [5.74, 6) is -3.13. The molecular formula is C32H47FN4O10P2. The Morgan fingerprint density at radius 1 is 1.12 bits per heavy atom. The highest BCUT2D eigenvalue weighted by Crippen LogP contribution is 2.53. The van der Waals surface area contributed by atoms with E-state index in [2.05, 4.69) is 9.83 Å². The zero-order chi connectivity index (χ0) is 36.5. The van der Waals surface area contributed by atoms with Gasteiger partial charge >= 0.3 is 11.7 Å². The molecule has 7 atom stereocenters. The fourth-order valence-electron chi connectivity index (χ4n) is 5.29. The Morgan fingerprint density at radius 3 is 2.35 bits per heavy atom. The Bertz CT molecular complexity index is 1570. The van der Waals surface area contributed by atoms with Crippen molar-refractivity contribution in [3.8, 4) is 0 Å². The molecular weight excluding hydrogens is 681 g/mol. The van der Waals surface area contributed by atoms with Crippen LogP contribution >= 0.6 is 15.7 Å². The summed E-state index contributed by atoms with van der Waals surface area (Å²) < 4.78 is 69.4. The van der Waals surface area contributed by atoms with Crippen molar-refractivity contribution < 1.29 is 41.7 Å². The minimum atomic E-state index is -3.63. The van der Waals surface area contributed by atoms with Crippen molar-refractivity contribution in [2.75, 3.05) is 46.8 Å². The molecule has 1 fully saturated rings. The number of carbonyl (C=O) groups excluding carboxylic acids is 1. The van der Waals surface area contributed by atoms with Gasteiger partial charge in [-0.3, -0.25) is 14.3 Å². The fraction of sp³-hybridized carbons (Fsp3) is 0.625. The summed E-state index contributed by atoms with van der Waals surface area (Å²) in [4.78, 5) is 44.6. The molecule has 1 aromatic heterocycles. The van der Waals surface area contributed by atoms with Gasteiger partial charge in [-0.15, -0.1) is 0 Å². The number of alkyl halides is 1. The molecule has 14 nitrogen and oxygen atoms in total. The van der Waals surface area contributed by atoms with Crippen molar-refractivity contribution in [3.63, 3.8) is 0 Å². The molecule has 0 aliphatic carbocycles. The minimum absolute atomic E-state index is 0.0118. The molecule has 0 radical (unpaired) electrons. The number of hydrogen-bond acceptors (Lipinski definition) is 11. The number of halogens is 1. The molecule has 3 unspecified atom stereocenters. The molecule has 0 bridgehead atoms. The van der Waals surface area contributed by atoms with E-state index in [1.54, 1.807) is 18.2 Å². The second-order valence-electron chi connectivity index (χ2n) is 12.4. The standard InChI is InChI=1S/C32H47FN4O10P2/c1-20(2)37(21(3)4)48(44-16-15-34-6)47-25-24(26(28(33)49(8,9)41)46-31(39)23-13-11-10-12-14-23)45-30(27(25)43-18-17-42-7)36-19-22(5)29(38)35-32(36)40/h10-14,19-21,24-28,30H,15-18H2,1-5,7-9H3,(H,35,38,40)/t24-,25+,26?,27+,28?,30+,48?/m0/s1. The van der Waals surface area contributed by atoms with Crippen LogP contribution in [0.3, 0.4) is 0 Å². The lowest BCUT2D eigenvalue weighted by molar-refractivity contribution is -0.104. The van der Waals surface area contributed by atoms with Crippen molar-refractivity contribution in [1.29, 1.82) is 0 Å². The van der Waals surface area contributed by atoms with Gasteiger partial charge < -0.3 is 37.4 Å². The topological polar surface area (TPSA) is 152 Å². The number of hydrogen-bond donors (Lipinski definition) is 1. The lowest BCUT2D eigenvalue weighted by Crippen LogP contribution is -2.48. The average molecular weight is 729 g/mol. The predicted octanol–water partition coefficient (Wildman–Crippen LogP) is 4.58. The number of esters is 1. The van der Waals surface area contributed by atoms with Crippen LogP contribution in [-0.4, -0.2) is 109 Å². The van der Waals surface area contributed by atoms with E-state index in [9.17, 15) is 18.9 Å². The van der Waals surface area contributed by atoms with Gasteiger partial charge in [-0.05, 0) is 60.1 Å². The van der Waals surface area contributed by atoms with Crippen LogP contribution in [0.1, 0.15) is 49.8 Å². The van der Waals surface area contributed by atoms with Crippen LogP contribution < -0.4 is 11.2 Å². The summed E-state index contributed by atoms with van der Waals surface area (Å²) in [6.07, 6.45) is -5.90. The minimum Gasteiger partial charge on any atom is -0.452 e. The lowest BCUT2D eigenvalue weighted by Gasteiger charge is -2.39. The molecule has 0 saturated carbocycles. The summed E-state index contributed by atoms with van der Waals surface area (Å²) >= 11 is 0. The van der Waals surface area contributed by atoms with Crippen LogP contribution in [0.2, 0.25) is 0 Å². The summed E-state index contributed by atoms with van der Waals surface area (Å²) in [6.45, 7) is 19.1. The van der Waals surface area contributed by atoms with Gasteiger partial charge in [0, 0.05) is 31.0 Å². The highest BCUT2D eigenvalue weighted by atomic mass is 31.2. The number of nitrogens with one attached hydrogen (secondary N) is 1. The first-order valence-corrected chi connectivity index (χ1v) is 19.7. The molecule has 2 aromatic rings. The SMILES string of the molecule is [C-]#[N+]CCOP(O[C@H]1[C@@H](OCCOC)[C@H](n2cc(C)c(=O)[nH]c2=O)O[C@@H]1C(OC(=O)c1ccccc1)C(F)P(C)(C)=O)N(C(C)C)C(C)C. The van der Waals surface area contributed by atoms with E-state index in [0.717, 1.165) is 4.57 Å². The zero-order valence-electron chi connectivity index (χ0n) is 29.1. The quantitative estimate of drug-likeness (QED) is 0.0994. The second kappa shape index (κ2) is 18.4. The van der Waals surface area contributed by atoms with E-state index < -0.39 is 69.4 Å². The maximum absolute atomic E-state index is 16.5. The van der Waals surface area contributed by atoms with Gasteiger partial charge in [0.25, 0.3) is 14.1 Å². The second-order valence-corrected chi connectivity index (χ2v) is 17.2. The number of H-pyrrole nitrogens is 1. The Kier molecular flexibility index (Phi) is 15.3. The normalized spacial score (nSPS) is 21.5. The monoisotopic (exact) mass is 728 g/mol. The number of aromatic amines is 1. The average Bonchev–Trinajstić information content (AvgIpc) is 3.38. The first-order valence-electron chi connectivity index (χ1n) is 15.9. The van der Waals surface area contributed by atoms with Crippen molar-refractivity contribution in [2.24, 2.45) is 0 Å². The summed E-state index contributed by atoms with van der Waals surface area (Å²) in [6, 6.07) is 7.65. The highest BCUT2D eigenvalue weighted by Gasteiger charge is 2.57. The molecule has 0 spiro atoms. The van der Waals surface area contributed by atoms with Gasteiger partial charge in [0.05, 0.1) is 18.8 Å². The Hall–Kier alpha value is -2.79. The Balaban J connectivity index is 2.26. The smallest absolute Gasteiger partial charge is 0.338 e. The van der Waals surface area contributed by atoms with Crippen LogP contribution in [-0.2, 0) is 32.6 Å². The molecule has 49 heavy (non-hydrogen) atoms. The van der Waals surface area contributed by atoms with Crippen molar-refractivity contribution in [3.05, 3.63) is 79.9 Å². The van der Waals surface area contributed by atoms with E-state index in [-0.39, 0.29) is 49.6 Å². The fourth-order valence-corrected chi connectivity index (χ4v) is 7.97. The van der Waals surface area contributed by atoms with Crippen LogP contribution in [0.4, 0.5) is 4.39 Å². The maximum Gasteiger partial charge on any atom is 0.338 e. The predicted molar refractivity (Wildman–Crippen MR) is 183 cm³/mol. The first-order chi connectivity index (χ1) is 23.1. The number of benzene rings is 1. The zero-order valence-corrected chi connectivity index (χ0v) is 30.9. The van der Waals surface area contributed by atoms with Gasteiger partial charge in [0.2, 0.25) is 6.54 Å². The molecule has 1 aliphatic rings. The number of rotatable bonds is 18. The first kappa shape index (κ1) is 40.6. The van der Waals surface area contributed by atoms with E-state index in [4.69, 9.17) is 34.6 Å².